The van der Waals surface area contributed by atoms with E-state index in [4.69, 9.17) is 0 Å². The lowest BCUT2D eigenvalue weighted by molar-refractivity contribution is -0.120. The SMILES string of the molecule is CC(=O)C(CCCc1ccccc1)CC(=O)c1ccc(Br)cc1. The number of benzene rings is 2. The smallest absolute Gasteiger partial charge is 0.163 e. The third-order valence-electron chi connectivity index (χ3n) is 4.03. The average Bonchev–Trinajstić information content (AvgIpc) is 2.55. The van der Waals surface area contributed by atoms with Gasteiger partial charge >= 0.3 is 0 Å². The fraction of sp³-hybridized carbons (Fsp3) is 0.300. The molecule has 0 radical (unpaired) electrons. The molecule has 2 aromatic carbocycles. The molecule has 1 atom stereocenters. The van der Waals surface area contributed by atoms with Gasteiger partial charge in [-0.3, -0.25) is 9.59 Å². The molecule has 0 heterocycles. The highest BCUT2D eigenvalue weighted by molar-refractivity contribution is 9.10. The predicted molar refractivity (Wildman–Crippen MR) is 96.6 cm³/mol. The highest BCUT2D eigenvalue weighted by Gasteiger charge is 2.19. The first-order chi connectivity index (χ1) is 11.1. The Morgan fingerprint density at radius 2 is 1.65 bits per heavy atom. The van der Waals surface area contributed by atoms with Crippen LogP contribution in [0.15, 0.2) is 59.1 Å². The van der Waals surface area contributed by atoms with Gasteiger partial charge in [-0.25, -0.2) is 0 Å². The van der Waals surface area contributed by atoms with Gasteiger partial charge in [0.2, 0.25) is 0 Å². The van der Waals surface area contributed by atoms with Crippen LogP contribution < -0.4 is 0 Å². The summed E-state index contributed by atoms with van der Waals surface area (Å²) in [5.74, 6) is -0.0456. The van der Waals surface area contributed by atoms with Crippen molar-refractivity contribution in [3.05, 3.63) is 70.2 Å². The van der Waals surface area contributed by atoms with E-state index >= 15 is 0 Å². The maximum Gasteiger partial charge on any atom is 0.163 e. The second-order valence-corrected chi connectivity index (χ2v) is 6.74. The molecule has 0 aromatic heterocycles. The number of aryl methyl sites for hydroxylation is 1. The minimum absolute atomic E-state index is 0.0393. The second-order valence-electron chi connectivity index (χ2n) is 5.82. The Balaban J connectivity index is 1.89. The highest BCUT2D eigenvalue weighted by atomic mass is 79.9. The van der Waals surface area contributed by atoms with E-state index in [0.29, 0.717) is 12.0 Å². The first kappa shape index (κ1) is 17.6. The molecule has 3 heteroatoms. The molecule has 2 nitrogen and oxygen atoms in total. The Kier molecular flexibility index (Phi) is 6.72. The summed E-state index contributed by atoms with van der Waals surface area (Å²) in [6.45, 7) is 1.59. The van der Waals surface area contributed by atoms with Crippen LogP contribution in [-0.2, 0) is 11.2 Å². The number of rotatable bonds is 8. The van der Waals surface area contributed by atoms with Crippen LogP contribution in [0, 0.1) is 5.92 Å². The number of hydrogen-bond acceptors (Lipinski definition) is 2. The van der Waals surface area contributed by atoms with E-state index in [1.165, 1.54) is 5.56 Å². The zero-order valence-electron chi connectivity index (χ0n) is 13.3. The van der Waals surface area contributed by atoms with Gasteiger partial charge in [0.1, 0.15) is 5.78 Å². The van der Waals surface area contributed by atoms with Crippen LogP contribution in [0.2, 0.25) is 0 Å². The number of carbonyl (C=O) groups excluding carboxylic acids is 2. The Hall–Kier alpha value is -1.74. The van der Waals surface area contributed by atoms with E-state index in [2.05, 4.69) is 28.1 Å². The van der Waals surface area contributed by atoms with E-state index in [-0.39, 0.29) is 17.5 Å². The topological polar surface area (TPSA) is 34.1 Å². The van der Waals surface area contributed by atoms with Crippen LogP contribution in [0.4, 0.5) is 0 Å². The molecular formula is C20H21BrO2. The fourth-order valence-corrected chi connectivity index (χ4v) is 2.89. The molecule has 0 N–H and O–H groups in total. The zero-order valence-corrected chi connectivity index (χ0v) is 14.9. The molecule has 0 amide bonds. The van der Waals surface area contributed by atoms with Gasteiger partial charge in [-0.05, 0) is 43.9 Å². The summed E-state index contributed by atoms with van der Waals surface area (Å²) >= 11 is 3.36. The van der Waals surface area contributed by atoms with Crippen LogP contribution in [0.25, 0.3) is 0 Å². The Morgan fingerprint density at radius 3 is 2.26 bits per heavy atom. The molecule has 0 aliphatic carbocycles. The largest absolute Gasteiger partial charge is 0.300 e. The fourth-order valence-electron chi connectivity index (χ4n) is 2.62. The standard InChI is InChI=1S/C20H21BrO2/c1-15(22)18(9-5-8-16-6-3-2-4-7-16)14-20(23)17-10-12-19(21)13-11-17/h2-4,6-7,10-13,18H,5,8-9,14H2,1H3. The molecular weight excluding hydrogens is 352 g/mol. The molecule has 0 saturated heterocycles. The van der Waals surface area contributed by atoms with E-state index in [9.17, 15) is 9.59 Å². The zero-order chi connectivity index (χ0) is 16.7. The van der Waals surface area contributed by atoms with Gasteiger partial charge in [0.25, 0.3) is 0 Å². The lowest BCUT2D eigenvalue weighted by Gasteiger charge is -2.13. The number of carbonyl (C=O) groups is 2. The van der Waals surface area contributed by atoms with Gasteiger partial charge in [0.15, 0.2) is 5.78 Å². The molecule has 0 fully saturated rings. The second kappa shape index (κ2) is 8.78. The van der Waals surface area contributed by atoms with Crippen LogP contribution in [0.3, 0.4) is 0 Å². The van der Waals surface area contributed by atoms with Gasteiger partial charge < -0.3 is 0 Å². The van der Waals surface area contributed by atoms with Crippen LogP contribution in [0.5, 0.6) is 0 Å². The van der Waals surface area contributed by atoms with E-state index in [0.717, 1.165) is 23.7 Å². The number of ketones is 2. The summed E-state index contributed by atoms with van der Waals surface area (Å²) in [4.78, 5) is 24.2. The van der Waals surface area contributed by atoms with Gasteiger partial charge in [-0.15, -0.1) is 0 Å². The molecule has 120 valence electrons. The summed E-state index contributed by atoms with van der Waals surface area (Å²) < 4.78 is 0.944. The molecule has 0 aliphatic rings. The molecule has 0 aliphatic heterocycles. The lowest BCUT2D eigenvalue weighted by Crippen LogP contribution is -2.16. The van der Waals surface area contributed by atoms with Gasteiger partial charge in [-0.2, -0.15) is 0 Å². The van der Waals surface area contributed by atoms with Crippen molar-refractivity contribution in [3.63, 3.8) is 0 Å². The van der Waals surface area contributed by atoms with Crippen molar-refractivity contribution in [1.82, 2.24) is 0 Å². The van der Waals surface area contributed by atoms with E-state index < -0.39 is 0 Å². The number of halogens is 1. The Bertz CT molecular complexity index is 647. The molecule has 0 spiro atoms. The first-order valence-electron chi connectivity index (χ1n) is 7.89. The van der Waals surface area contributed by atoms with Crippen molar-refractivity contribution in [3.8, 4) is 0 Å². The van der Waals surface area contributed by atoms with Crippen molar-refractivity contribution in [2.75, 3.05) is 0 Å². The van der Waals surface area contributed by atoms with Crippen molar-refractivity contribution in [1.29, 1.82) is 0 Å². The van der Waals surface area contributed by atoms with Crippen LogP contribution in [-0.4, -0.2) is 11.6 Å². The molecule has 0 saturated carbocycles. The molecule has 23 heavy (non-hydrogen) atoms. The molecule has 2 rings (SSSR count). The summed E-state index contributed by atoms with van der Waals surface area (Å²) in [5.41, 5.74) is 1.94. The van der Waals surface area contributed by atoms with Crippen molar-refractivity contribution >= 4 is 27.5 Å². The third kappa shape index (κ3) is 5.76. The maximum absolute atomic E-state index is 12.3. The Labute approximate surface area is 146 Å². The lowest BCUT2D eigenvalue weighted by atomic mass is 9.90. The van der Waals surface area contributed by atoms with Crippen molar-refractivity contribution in [2.45, 2.75) is 32.6 Å². The highest BCUT2D eigenvalue weighted by Crippen LogP contribution is 2.19. The monoisotopic (exact) mass is 372 g/mol. The van der Waals surface area contributed by atoms with Gasteiger partial charge in [-0.1, -0.05) is 58.4 Å². The van der Waals surface area contributed by atoms with Crippen molar-refractivity contribution in [2.24, 2.45) is 5.92 Å². The molecule has 1 unspecified atom stereocenters. The minimum Gasteiger partial charge on any atom is -0.300 e. The van der Waals surface area contributed by atoms with E-state index in [1.54, 1.807) is 19.1 Å². The Morgan fingerprint density at radius 1 is 1.00 bits per heavy atom. The third-order valence-corrected chi connectivity index (χ3v) is 4.56. The van der Waals surface area contributed by atoms with Crippen molar-refractivity contribution < 1.29 is 9.59 Å². The quantitative estimate of drug-likeness (QED) is 0.593. The summed E-state index contributed by atoms with van der Waals surface area (Å²) in [7, 11) is 0. The minimum atomic E-state index is -0.185. The van der Waals surface area contributed by atoms with Crippen LogP contribution >= 0.6 is 15.9 Å². The first-order valence-corrected chi connectivity index (χ1v) is 8.68. The summed E-state index contributed by atoms with van der Waals surface area (Å²) in [6.07, 6.45) is 2.91. The number of hydrogen-bond donors (Lipinski definition) is 0. The van der Waals surface area contributed by atoms with Crippen LogP contribution in [0.1, 0.15) is 42.1 Å². The summed E-state index contributed by atoms with van der Waals surface area (Å²) in [6, 6.07) is 17.5. The summed E-state index contributed by atoms with van der Waals surface area (Å²) in [5, 5.41) is 0. The maximum atomic E-state index is 12.3. The van der Waals surface area contributed by atoms with Gasteiger partial charge in [0.05, 0.1) is 0 Å². The number of Topliss-reactive ketones (excluding diaryl/α,β-unsaturated/α-hetero) is 2. The molecule has 0 bridgehead atoms. The molecule has 2 aromatic rings. The average molecular weight is 373 g/mol. The normalized spacial score (nSPS) is 11.9. The predicted octanol–water partition coefficient (Wildman–Crippen LogP) is 5.25. The van der Waals surface area contributed by atoms with Gasteiger partial charge in [0, 0.05) is 22.4 Å². The van der Waals surface area contributed by atoms with E-state index in [1.807, 2.05) is 30.3 Å².